The molecule has 3 aliphatic rings. The number of hydrogen-bond acceptors (Lipinski definition) is 3. The Hall–Kier alpha value is -0.315. The van der Waals surface area contributed by atoms with E-state index in [1.807, 2.05) is 0 Å². The van der Waals surface area contributed by atoms with Crippen LogP contribution in [0, 0.1) is 0 Å². The molecule has 0 N–H and O–H groups in total. The van der Waals surface area contributed by atoms with Crippen LogP contribution in [0.3, 0.4) is 0 Å². The van der Waals surface area contributed by atoms with Gasteiger partial charge in [-0.1, -0.05) is 12.1 Å². The topological polar surface area (TPSA) is 21.7 Å². The van der Waals surface area contributed by atoms with Gasteiger partial charge in [-0.2, -0.15) is 0 Å². The SMILES string of the molecule is CC1(C)OB(/C=C\C23CCCN2CCC3)OC1(C)C. The van der Waals surface area contributed by atoms with Gasteiger partial charge in [0.05, 0.1) is 11.2 Å². The predicted molar refractivity (Wildman–Crippen MR) is 78.0 cm³/mol. The van der Waals surface area contributed by atoms with Gasteiger partial charge in [-0.05, 0) is 66.5 Å². The molecule has 0 aromatic carbocycles. The van der Waals surface area contributed by atoms with Gasteiger partial charge in [0.2, 0.25) is 0 Å². The zero-order chi connectivity index (χ0) is 13.7. The van der Waals surface area contributed by atoms with Gasteiger partial charge in [0.25, 0.3) is 0 Å². The van der Waals surface area contributed by atoms with Crippen molar-refractivity contribution >= 4 is 7.12 Å². The second-order valence-corrected chi connectivity index (χ2v) is 7.28. The first kappa shape index (κ1) is 13.7. The number of fused-ring (bicyclic) bond motifs is 1. The summed E-state index contributed by atoms with van der Waals surface area (Å²) >= 11 is 0. The van der Waals surface area contributed by atoms with Gasteiger partial charge >= 0.3 is 7.12 Å². The molecule has 0 aromatic rings. The van der Waals surface area contributed by atoms with Crippen molar-refractivity contribution in [1.82, 2.24) is 4.90 Å². The predicted octanol–water partition coefficient (Wildman–Crippen LogP) is 2.80. The van der Waals surface area contributed by atoms with E-state index in [9.17, 15) is 0 Å². The maximum Gasteiger partial charge on any atom is 0.486 e. The molecule has 3 aliphatic heterocycles. The molecule has 0 spiro atoms. The molecule has 19 heavy (non-hydrogen) atoms. The highest BCUT2D eigenvalue weighted by Crippen LogP contribution is 2.41. The van der Waals surface area contributed by atoms with Crippen LogP contribution >= 0.6 is 0 Å². The van der Waals surface area contributed by atoms with Crippen LogP contribution in [0.15, 0.2) is 12.1 Å². The van der Waals surface area contributed by atoms with E-state index >= 15 is 0 Å². The molecule has 3 nitrogen and oxygen atoms in total. The molecule has 0 radical (unpaired) electrons. The molecule has 4 heteroatoms. The highest BCUT2D eigenvalue weighted by Gasteiger charge is 2.50. The zero-order valence-corrected chi connectivity index (χ0v) is 12.7. The molecule has 3 heterocycles. The average Bonchev–Trinajstić information content (AvgIpc) is 2.87. The summed E-state index contributed by atoms with van der Waals surface area (Å²) in [6, 6.07) is 0. The first-order valence-electron chi connectivity index (χ1n) is 7.65. The molecule has 0 atom stereocenters. The van der Waals surface area contributed by atoms with Crippen molar-refractivity contribution in [2.24, 2.45) is 0 Å². The smallest absolute Gasteiger partial charge is 0.400 e. The van der Waals surface area contributed by atoms with Crippen LogP contribution in [0.25, 0.3) is 0 Å². The van der Waals surface area contributed by atoms with Crippen molar-refractivity contribution < 1.29 is 9.31 Å². The van der Waals surface area contributed by atoms with Gasteiger partial charge in [0.1, 0.15) is 0 Å². The van der Waals surface area contributed by atoms with Crippen LogP contribution in [0.1, 0.15) is 53.4 Å². The Morgan fingerprint density at radius 3 is 2.00 bits per heavy atom. The lowest BCUT2D eigenvalue weighted by Gasteiger charge is -2.32. The van der Waals surface area contributed by atoms with E-state index in [0.717, 1.165) is 0 Å². The molecule has 0 aliphatic carbocycles. The van der Waals surface area contributed by atoms with Gasteiger partial charge in [-0.15, -0.1) is 0 Å². The third kappa shape index (κ3) is 2.18. The highest BCUT2D eigenvalue weighted by molar-refractivity contribution is 6.51. The van der Waals surface area contributed by atoms with Crippen LogP contribution in [-0.4, -0.2) is 41.8 Å². The van der Waals surface area contributed by atoms with Crippen molar-refractivity contribution in [2.75, 3.05) is 13.1 Å². The zero-order valence-electron chi connectivity index (χ0n) is 12.7. The summed E-state index contributed by atoms with van der Waals surface area (Å²) in [5.41, 5.74) is -0.154. The lowest BCUT2D eigenvalue weighted by molar-refractivity contribution is 0.00578. The fourth-order valence-electron chi connectivity index (χ4n) is 3.65. The summed E-state index contributed by atoms with van der Waals surface area (Å²) < 4.78 is 12.1. The summed E-state index contributed by atoms with van der Waals surface area (Å²) in [6.45, 7) is 10.9. The lowest BCUT2D eigenvalue weighted by atomic mass is 9.84. The first-order valence-corrected chi connectivity index (χ1v) is 7.65. The maximum atomic E-state index is 6.04. The number of hydrogen-bond donors (Lipinski definition) is 0. The molecular formula is C15H26BNO2. The second-order valence-electron chi connectivity index (χ2n) is 7.28. The Kier molecular flexibility index (Phi) is 3.12. The van der Waals surface area contributed by atoms with Crippen LogP contribution in [-0.2, 0) is 9.31 Å². The molecule has 0 unspecified atom stereocenters. The monoisotopic (exact) mass is 263 g/mol. The van der Waals surface area contributed by atoms with Crippen molar-refractivity contribution in [3.05, 3.63) is 12.1 Å². The van der Waals surface area contributed by atoms with Crippen LogP contribution in [0.5, 0.6) is 0 Å². The standard InChI is InChI=1S/C15H26BNO2/c1-13(2)14(3,4)19-16(18-13)10-9-15-7-5-11-17(15)12-6-8-15/h9-10H,5-8,11-12H2,1-4H3/b10-9-. The van der Waals surface area contributed by atoms with Gasteiger partial charge in [0, 0.05) is 5.54 Å². The van der Waals surface area contributed by atoms with Gasteiger partial charge < -0.3 is 9.31 Å². The average molecular weight is 263 g/mol. The quantitative estimate of drug-likeness (QED) is 0.715. The minimum Gasteiger partial charge on any atom is -0.400 e. The van der Waals surface area contributed by atoms with Crippen molar-refractivity contribution in [1.29, 1.82) is 0 Å². The fraction of sp³-hybridized carbons (Fsp3) is 0.867. The Morgan fingerprint density at radius 2 is 1.47 bits per heavy atom. The van der Waals surface area contributed by atoms with E-state index in [-0.39, 0.29) is 18.3 Å². The third-order valence-electron chi connectivity index (χ3n) is 5.54. The second kappa shape index (κ2) is 4.34. The van der Waals surface area contributed by atoms with E-state index in [1.54, 1.807) is 0 Å². The Bertz CT molecular complexity index is 366. The van der Waals surface area contributed by atoms with Crippen LogP contribution < -0.4 is 0 Å². The van der Waals surface area contributed by atoms with E-state index < -0.39 is 0 Å². The van der Waals surface area contributed by atoms with E-state index in [2.05, 4.69) is 44.6 Å². The van der Waals surface area contributed by atoms with E-state index in [4.69, 9.17) is 9.31 Å². The Morgan fingerprint density at radius 1 is 0.947 bits per heavy atom. The third-order valence-corrected chi connectivity index (χ3v) is 5.54. The number of rotatable bonds is 2. The normalized spacial score (nSPS) is 32.3. The van der Waals surface area contributed by atoms with Gasteiger partial charge in [0.15, 0.2) is 0 Å². The minimum atomic E-state index is -0.231. The fourth-order valence-corrected chi connectivity index (χ4v) is 3.65. The lowest BCUT2D eigenvalue weighted by Crippen LogP contribution is -2.41. The van der Waals surface area contributed by atoms with Gasteiger partial charge in [-0.25, -0.2) is 0 Å². The van der Waals surface area contributed by atoms with Crippen LogP contribution in [0.4, 0.5) is 0 Å². The first-order chi connectivity index (χ1) is 8.85. The molecule has 3 fully saturated rings. The largest absolute Gasteiger partial charge is 0.486 e. The Balaban J connectivity index is 1.71. The summed E-state index contributed by atoms with van der Waals surface area (Å²) in [5, 5.41) is 0. The molecule has 3 saturated heterocycles. The molecule has 0 bridgehead atoms. The summed E-state index contributed by atoms with van der Waals surface area (Å²) in [4.78, 5) is 2.63. The molecule has 0 amide bonds. The molecule has 0 saturated carbocycles. The van der Waals surface area contributed by atoms with Crippen molar-refractivity contribution in [3.8, 4) is 0 Å². The van der Waals surface area contributed by atoms with Crippen LogP contribution in [0.2, 0.25) is 0 Å². The summed E-state index contributed by atoms with van der Waals surface area (Å²) in [5.74, 6) is 2.15. The van der Waals surface area contributed by atoms with E-state index in [1.165, 1.54) is 38.8 Å². The maximum absolute atomic E-state index is 6.04. The van der Waals surface area contributed by atoms with Crippen molar-refractivity contribution in [3.63, 3.8) is 0 Å². The number of nitrogens with zero attached hydrogens (tertiary/aromatic N) is 1. The molecular weight excluding hydrogens is 237 g/mol. The minimum absolute atomic E-state index is 0.192. The van der Waals surface area contributed by atoms with Crippen molar-refractivity contribution in [2.45, 2.75) is 70.1 Å². The summed E-state index contributed by atoms with van der Waals surface area (Å²) in [6.07, 6.45) is 7.61. The van der Waals surface area contributed by atoms with E-state index in [0.29, 0.717) is 5.54 Å². The summed E-state index contributed by atoms with van der Waals surface area (Å²) in [7, 11) is -0.192. The highest BCUT2D eigenvalue weighted by atomic mass is 16.7. The molecule has 3 rings (SSSR count). The Labute approximate surface area is 117 Å². The van der Waals surface area contributed by atoms with Gasteiger partial charge in [-0.3, -0.25) is 4.90 Å². The molecule has 0 aromatic heterocycles. The molecule has 106 valence electrons.